The quantitative estimate of drug-likeness (QED) is 0.511. The highest BCUT2D eigenvalue weighted by atomic mass is 35.5. The summed E-state index contributed by atoms with van der Waals surface area (Å²) in [5.74, 6) is 5.11. The topological polar surface area (TPSA) is 58.4 Å². The van der Waals surface area contributed by atoms with Crippen LogP contribution in [0.3, 0.4) is 0 Å². The van der Waals surface area contributed by atoms with Crippen LogP contribution in [0.1, 0.15) is 18.4 Å². The Morgan fingerprint density at radius 3 is 2.68 bits per heavy atom. The van der Waals surface area contributed by atoms with Gasteiger partial charge in [-0.3, -0.25) is 15.1 Å². The number of rotatable bonds is 3. The Labute approximate surface area is 122 Å². The lowest BCUT2D eigenvalue weighted by Gasteiger charge is -2.31. The van der Waals surface area contributed by atoms with Crippen LogP contribution in [0.5, 0.6) is 0 Å². The van der Waals surface area contributed by atoms with Gasteiger partial charge >= 0.3 is 0 Å². The van der Waals surface area contributed by atoms with Crippen LogP contribution in [0.25, 0.3) is 0 Å². The second-order valence-corrected chi connectivity index (χ2v) is 5.56. The van der Waals surface area contributed by atoms with Crippen LogP contribution in [-0.2, 0) is 11.3 Å². The highest BCUT2D eigenvalue weighted by Gasteiger charge is 2.24. The molecule has 1 aromatic rings. The fraction of sp³-hybridized carbons (Fsp3) is 0.462. The molecule has 6 heteroatoms. The number of hydrogen-bond acceptors (Lipinski definition) is 3. The van der Waals surface area contributed by atoms with Gasteiger partial charge in [0.25, 0.3) is 0 Å². The molecule has 0 saturated carbocycles. The van der Waals surface area contributed by atoms with Gasteiger partial charge in [-0.1, -0.05) is 35.3 Å². The molecule has 1 saturated heterocycles. The number of carbonyl (C=O) groups excluding carboxylic acids is 1. The lowest BCUT2D eigenvalue weighted by molar-refractivity contribution is -0.126. The molecule has 0 aromatic heterocycles. The number of carbonyl (C=O) groups is 1. The molecule has 0 atom stereocenters. The van der Waals surface area contributed by atoms with Crippen molar-refractivity contribution in [3.8, 4) is 0 Å². The van der Waals surface area contributed by atoms with E-state index in [2.05, 4.69) is 10.3 Å². The summed E-state index contributed by atoms with van der Waals surface area (Å²) in [6.07, 6.45) is 1.64. The van der Waals surface area contributed by atoms with E-state index in [0.29, 0.717) is 10.0 Å². The summed E-state index contributed by atoms with van der Waals surface area (Å²) in [5.41, 5.74) is 3.24. The van der Waals surface area contributed by atoms with Crippen molar-refractivity contribution in [1.82, 2.24) is 10.3 Å². The molecule has 0 aliphatic carbocycles. The van der Waals surface area contributed by atoms with Crippen LogP contribution in [-0.4, -0.2) is 23.9 Å². The van der Waals surface area contributed by atoms with Gasteiger partial charge in [-0.15, -0.1) is 0 Å². The molecule has 104 valence electrons. The highest BCUT2D eigenvalue weighted by Crippen LogP contribution is 2.27. The van der Waals surface area contributed by atoms with Gasteiger partial charge in [0.05, 0.1) is 10.0 Å². The van der Waals surface area contributed by atoms with Gasteiger partial charge in [-0.25, -0.2) is 5.84 Å². The Bertz CT molecular complexity index is 459. The number of benzene rings is 1. The van der Waals surface area contributed by atoms with Crippen LogP contribution < -0.4 is 11.3 Å². The van der Waals surface area contributed by atoms with Gasteiger partial charge in [-0.05, 0) is 37.6 Å². The van der Waals surface area contributed by atoms with Gasteiger partial charge in [0.1, 0.15) is 0 Å². The molecule has 2 rings (SSSR count). The highest BCUT2D eigenvalue weighted by molar-refractivity contribution is 6.42. The molecule has 1 aliphatic heterocycles. The predicted molar refractivity (Wildman–Crippen MR) is 76.8 cm³/mol. The number of amides is 1. The van der Waals surface area contributed by atoms with Crippen molar-refractivity contribution in [3.63, 3.8) is 0 Å². The molecule has 1 aliphatic rings. The summed E-state index contributed by atoms with van der Waals surface area (Å²) in [6, 6.07) is 5.66. The molecule has 3 N–H and O–H groups in total. The molecule has 1 heterocycles. The van der Waals surface area contributed by atoms with Gasteiger partial charge in [0.2, 0.25) is 5.91 Å². The van der Waals surface area contributed by atoms with E-state index in [1.807, 2.05) is 12.1 Å². The third-order valence-electron chi connectivity index (χ3n) is 3.53. The Morgan fingerprint density at radius 2 is 2.05 bits per heavy atom. The minimum absolute atomic E-state index is 0.0242. The normalized spacial score (nSPS) is 17.4. The fourth-order valence-electron chi connectivity index (χ4n) is 2.38. The predicted octanol–water partition coefficient (Wildman–Crippen LogP) is 2.20. The minimum atomic E-state index is -0.0690. The zero-order chi connectivity index (χ0) is 13.8. The second-order valence-electron chi connectivity index (χ2n) is 4.77. The number of halogens is 2. The van der Waals surface area contributed by atoms with Gasteiger partial charge < -0.3 is 0 Å². The third kappa shape index (κ3) is 3.60. The zero-order valence-corrected chi connectivity index (χ0v) is 12.0. The van der Waals surface area contributed by atoms with Crippen molar-refractivity contribution in [2.75, 3.05) is 13.1 Å². The van der Waals surface area contributed by atoms with E-state index in [1.54, 1.807) is 6.07 Å². The molecule has 0 unspecified atom stereocenters. The van der Waals surface area contributed by atoms with E-state index in [-0.39, 0.29) is 11.8 Å². The molecule has 0 bridgehead atoms. The van der Waals surface area contributed by atoms with Crippen LogP contribution in [0.4, 0.5) is 0 Å². The Kier molecular flexibility index (Phi) is 5.05. The largest absolute Gasteiger partial charge is 0.299 e. The summed E-state index contributed by atoms with van der Waals surface area (Å²) in [7, 11) is 0. The summed E-state index contributed by atoms with van der Waals surface area (Å²) < 4.78 is 0. The second kappa shape index (κ2) is 6.57. The minimum Gasteiger partial charge on any atom is -0.299 e. The van der Waals surface area contributed by atoms with Crippen molar-refractivity contribution < 1.29 is 4.79 Å². The monoisotopic (exact) mass is 301 g/mol. The molecular formula is C13H17Cl2N3O. The Hall–Kier alpha value is -0.810. The van der Waals surface area contributed by atoms with Gasteiger partial charge in [0.15, 0.2) is 0 Å². The summed E-state index contributed by atoms with van der Waals surface area (Å²) >= 11 is 12.2. The average molecular weight is 302 g/mol. The first-order valence-electron chi connectivity index (χ1n) is 6.27. The third-order valence-corrected chi connectivity index (χ3v) is 4.38. The molecule has 0 radical (unpaired) electrons. The first-order chi connectivity index (χ1) is 9.11. The summed E-state index contributed by atoms with van der Waals surface area (Å²) in [4.78, 5) is 13.7. The number of hydrogen-bond donors (Lipinski definition) is 2. The summed E-state index contributed by atoms with van der Waals surface area (Å²) in [6.45, 7) is 2.48. The van der Waals surface area contributed by atoms with Crippen molar-refractivity contribution >= 4 is 29.1 Å². The van der Waals surface area contributed by atoms with E-state index < -0.39 is 0 Å². The molecule has 1 amide bonds. The lowest BCUT2D eigenvalue weighted by atomic mass is 9.96. The lowest BCUT2D eigenvalue weighted by Crippen LogP contribution is -2.42. The maximum absolute atomic E-state index is 11.4. The van der Waals surface area contributed by atoms with Crippen LogP contribution in [0, 0.1) is 5.92 Å². The maximum Gasteiger partial charge on any atom is 0.237 e. The average Bonchev–Trinajstić information content (AvgIpc) is 2.44. The summed E-state index contributed by atoms with van der Waals surface area (Å²) in [5, 5.41) is 1.20. The maximum atomic E-state index is 11.4. The van der Waals surface area contributed by atoms with E-state index in [0.717, 1.165) is 38.0 Å². The first kappa shape index (κ1) is 14.6. The fourth-order valence-corrected chi connectivity index (χ4v) is 2.76. The van der Waals surface area contributed by atoms with Gasteiger partial charge in [0, 0.05) is 12.5 Å². The molecular weight excluding hydrogens is 285 g/mol. The van der Waals surface area contributed by atoms with Crippen LogP contribution >= 0.6 is 23.2 Å². The standard InChI is InChI=1S/C13H17Cl2N3O/c14-11-3-1-2-10(12(11)15)8-18-6-4-9(5-7-18)13(19)17-16/h1-3,9H,4-8,16H2,(H,17,19). The molecule has 1 aromatic carbocycles. The SMILES string of the molecule is NNC(=O)C1CCN(Cc2cccc(Cl)c2Cl)CC1. The van der Waals surface area contributed by atoms with E-state index in [4.69, 9.17) is 29.0 Å². The van der Waals surface area contributed by atoms with Gasteiger partial charge in [-0.2, -0.15) is 0 Å². The van der Waals surface area contributed by atoms with Crippen molar-refractivity contribution in [1.29, 1.82) is 0 Å². The zero-order valence-electron chi connectivity index (χ0n) is 10.5. The van der Waals surface area contributed by atoms with E-state index in [9.17, 15) is 4.79 Å². The molecule has 0 spiro atoms. The molecule has 1 fully saturated rings. The smallest absolute Gasteiger partial charge is 0.237 e. The first-order valence-corrected chi connectivity index (χ1v) is 7.03. The van der Waals surface area contributed by atoms with E-state index in [1.165, 1.54) is 0 Å². The molecule has 4 nitrogen and oxygen atoms in total. The van der Waals surface area contributed by atoms with Crippen LogP contribution in [0.2, 0.25) is 10.0 Å². The van der Waals surface area contributed by atoms with Crippen molar-refractivity contribution in [3.05, 3.63) is 33.8 Å². The van der Waals surface area contributed by atoms with E-state index >= 15 is 0 Å². The van der Waals surface area contributed by atoms with Crippen molar-refractivity contribution in [2.45, 2.75) is 19.4 Å². The number of nitrogens with one attached hydrogen (secondary N) is 1. The number of nitrogens with zero attached hydrogens (tertiary/aromatic N) is 1. The Morgan fingerprint density at radius 1 is 1.37 bits per heavy atom. The Balaban J connectivity index is 1.92. The van der Waals surface area contributed by atoms with Crippen LogP contribution in [0.15, 0.2) is 18.2 Å². The number of piperidine rings is 1. The molecule has 19 heavy (non-hydrogen) atoms. The van der Waals surface area contributed by atoms with Crippen molar-refractivity contribution in [2.24, 2.45) is 11.8 Å². The number of likely N-dealkylation sites (tertiary alicyclic amines) is 1. The number of nitrogens with two attached hydrogens (primary N) is 1. The number of hydrazine groups is 1.